The minimum atomic E-state index is -5.24. The number of carbonyl (C=O) groups is 3. The molecule has 2 unspecified atom stereocenters. The first-order valence-electron chi connectivity index (χ1n) is 19.6. The lowest BCUT2D eigenvalue weighted by Gasteiger charge is -2.24. The Morgan fingerprint density at radius 3 is 2.02 bits per heavy atom. The number of nitrogens with two attached hydrogens (primary N) is 1. The predicted octanol–water partition coefficient (Wildman–Crippen LogP) is -2.22. The third-order valence-corrected chi connectivity index (χ3v) is 9.69. The van der Waals surface area contributed by atoms with E-state index in [0.29, 0.717) is 64.1 Å². The molecule has 27 heteroatoms. The zero-order valence-electron chi connectivity index (χ0n) is 34.9. The number of likely N-dealkylation sites (N-methyl/N-ethyl adjacent to an activating group) is 1. The Balaban J connectivity index is 1.53. The quantitative estimate of drug-likeness (QED) is 0.0273. The van der Waals surface area contributed by atoms with Crippen LogP contribution in [0.1, 0.15) is 51.3 Å². The number of anilines is 1. The smallest absolute Gasteiger partial charge is 0.386 e. The lowest BCUT2D eigenvalue weighted by atomic mass is 10.0. The van der Waals surface area contributed by atoms with Crippen LogP contribution in [0.4, 0.5) is 5.82 Å². The van der Waals surface area contributed by atoms with Crippen molar-refractivity contribution in [2.75, 3.05) is 98.9 Å². The summed E-state index contributed by atoms with van der Waals surface area (Å²) in [6.45, 7) is 6.34. The van der Waals surface area contributed by atoms with Crippen LogP contribution in [0.25, 0.3) is 0 Å². The number of aryl methyl sites for hydroxylation is 1. The SMILES string of the molecule is CC(C)CC(C(=O)NCCC(=O)NCCOCCOCCOCCOCCC(=O)NCCCc1cn([C@@H]2O[C@H](COP(=O)(O)O)C(OP(=O)(O)O)[C@@H]2O)c(=O)nc1N)N(C)C. The number of ether oxygens (including phenoxy) is 5. The molecular weight excluding hydrogens is 856 g/mol. The van der Waals surface area contributed by atoms with E-state index in [2.05, 4.69) is 43.8 Å². The summed E-state index contributed by atoms with van der Waals surface area (Å²) >= 11 is 0. The number of amides is 3. The van der Waals surface area contributed by atoms with Crippen LogP contribution in [0.2, 0.25) is 0 Å². The number of phosphoric acid groups is 2. The van der Waals surface area contributed by atoms with E-state index in [4.69, 9.17) is 39.2 Å². The largest absolute Gasteiger partial charge is 0.470 e. The maximum absolute atomic E-state index is 12.6. The Kier molecular flexibility index (Phi) is 24.8. The monoisotopic (exact) mass is 919 g/mol. The van der Waals surface area contributed by atoms with Gasteiger partial charge < -0.3 is 70.0 Å². The fourth-order valence-corrected chi connectivity index (χ4v) is 6.65. The number of nitrogen functional groups attached to an aromatic ring is 1. The number of hydrogen-bond donors (Lipinski definition) is 9. The molecule has 25 nitrogen and oxygen atoms in total. The number of aliphatic hydroxyl groups excluding tert-OH is 1. The Bertz CT molecular complexity index is 1640. The normalized spacial score (nSPS) is 18.7. The first-order chi connectivity index (χ1) is 28.7. The fourth-order valence-electron chi connectivity index (χ4n) is 5.73. The molecule has 2 heterocycles. The lowest BCUT2D eigenvalue weighted by Crippen LogP contribution is -2.45. The zero-order valence-corrected chi connectivity index (χ0v) is 36.7. The molecule has 3 amide bonds. The molecule has 1 saturated heterocycles. The van der Waals surface area contributed by atoms with Crippen molar-refractivity contribution in [3.05, 3.63) is 22.2 Å². The third kappa shape index (κ3) is 22.8. The van der Waals surface area contributed by atoms with Gasteiger partial charge in [0.1, 0.15) is 24.1 Å². The first kappa shape index (κ1) is 54.2. The highest BCUT2D eigenvalue weighted by Crippen LogP contribution is 2.45. The first-order valence-corrected chi connectivity index (χ1v) is 22.7. The molecule has 5 atom stereocenters. The van der Waals surface area contributed by atoms with Gasteiger partial charge in [0.05, 0.1) is 65.5 Å². The number of nitrogens with zero attached hydrogens (tertiary/aromatic N) is 3. The van der Waals surface area contributed by atoms with Gasteiger partial charge in [-0.05, 0) is 39.3 Å². The van der Waals surface area contributed by atoms with Crippen LogP contribution >= 0.6 is 15.6 Å². The van der Waals surface area contributed by atoms with Crippen LogP contribution in [0.5, 0.6) is 0 Å². The summed E-state index contributed by atoms with van der Waals surface area (Å²) in [6, 6.07) is -0.237. The van der Waals surface area contributed by atoms with Gasteiger partial charge in [0, 0.05) is 44.2 Å². The summed E-state index contributed by atoms with van der Waals surface area (Å²) in [7, 11) is -6.58. The van der Waals surface area contributed by atoms with Crippen molar-refractivity contribution in [3.8, 4) is 0 Å². The molecular formula is C34H63N7O18P2. The lowest BCUT2D eigenvalue weighted by molar-refractivity contribution is -0.126. The van der Waals surface area contributed by atoms with Crippen molar-refractivity contribution < 1.29 is 80.9 Å². The number of phosphoric ester groups is 2. The average molecular weight is 920 g/mol. The molecule has 1 aromatic heterocycles. The number of nitrogens with one attached hydrogen (secondary N) is 3. The van der Waals surface area contributed by atoms with Crippen molar-refractivity contribution >= 4 is 39.2 Å². The van der Waals surface area contributed by atoms with Gasteiger partial charge in [0.15, 0.2) is 6.23 Å². The zero-order chi connectivity index (χ0) is 45.6. The van der Waals surface area contributed by atoms with Gasteiger partial charge in [-0.25, -0.2) is 13.9 Å². The summed E-state index contributed by atoms with van der Waals surface area (Å²) in [5.41, 5.74) is 5.20. The molecule has 2 rings (SSSR count). The number of aliphatic hydroxyl groups is 1. The Morgan fingerprint density at radius 1 is 0.869 bits per heavy atom. The molecule has 1 aromatic rings. The predicted molar refractivity (Wildman–Crippen MR) is 215 cm³/mol. The van der Waals surface area contributed by atoms with E-state index in [0.717, 1.165) is 11.0 Å². The second kappa shape index (κ2) is 28.0. The number of carbonyl (C=O) groups excluding carboxylic acids is 3. The Morgan fingerprint density at radius 2 is 1.44 bits per heavy atom. The minimum Gasteiger partial charge on any atom is -0.386 e. The molecule has 0 radical (unpaired) electrons. The molecule has 61 heavy (non-hydrogen) atoms. The van der Waals surface area contributed by atoms with E-state index in [1.807, 2.05) is 19.0 Å². The van der Waals surface area contributed by atoms with Gasteiger partial charge in [-0.3, -0.25) is 32.9 Å². The van der Waals surface area contributed by atoms with Crippen molar-refractivity contribution in [1.29, 1.82) is 0 Å². The van der Waals surface area contributed by atoms with Crippen LogP contribution in [-0.4, -0.2) is 174 Å². The molecule has 0 bridgehead atoms. The molecule has 0 aromatic carbocycles. The average Bonchev–Trinajstić information content (AvgIpc) is 3.45. The summed E-state index contributed by atoms with van der Waals surface area (Å²) < 4.78 is 59.6. The molecule has 0 saturated carbocycles. The summed E-state index contributed by atoms with van der Waals surface area (Å²) in [5.74, 6) is -0.328. The molecule has 1 fully saturated rings. The molecule has 0 spiro atoms. The van der Waals surface area contributed by atoms with E-state index >= 15 is 0 Å². The van der Waals surface area contributed by atoms with Crippen molar-refractivity contribution in [2.45, 2.75) is 76.5 Å². The fraction of sp³-hybridized carbons (Fsp3) is 0.794. The maximum Gasteiger partial charge on any atom is 0.470 e. The second-order valence-electron chi connectivity index (χ2n) is 14.4. The van der Waals surface area contributed by atoms with Gasteiger partial charge in [0.25, 0.3) is 0 Å². The highest BCUT2D eigenvalue weighted by atomic mass is 31.2. The summed E-state index contributed by atoms with van der Waals surface area (Å²) in [4.78, 5) is 91.4. The van der Waals surface area contributed by atoms with Crippen LogP contribution in [-0.2, 0) is 62.7 Å². The van der Waals surface area contributed by atoms with Gasteiger partial charge in [0.2, 0.25) is 17.7 Å². The van der Waals surface area contributed by atoms with Gasteiger partial charge in [-0.1, -0.05) is 13.8 Å². The highest BCUT2D eigenvalue weighted by molar-refractivity contribution is 7.46. The Hall–Kier alpha value is -2.97. The molecule has 0 aliphatic carbocycles. The van der Waals surface area contributed by atoms with Crippen molar-refractivity contribution in [2.24, 2.45) is 5.92 Å². The summed E-state index contributed by atoms with van der Waals surface area (Å²) in [6.07, 6.45) is -4.31. The molecule has 352 valence electrons. The number of hydrogen-bond acceptors (Lipinski definition) is 17. The van der Waals surface area contributed by atoms with Crippen LogP contribution in [0.3, 0.4) is 0 Å². The maximum atomic E-state index is 12.6. The van der Waals surface area contributed by atoms with E-state index < -0.39 is 52.5 Å². The Labute approximate surface area is 353 Å². The highest BCUT2D eigenvalue weighted by Gasteiger charge is 2.49. The molecule has 1 aliphatic heterocycles. The van der Waals surface area contributed by atoms with Crippen LogP contribution < -0.4 is 27.4 Å². The van der Waals surface area contributed by atoms with Gasteiger partial charge >= 0.3 is 21.3 Å². The van der Waals surface area contributed by atoms with Crippen LogP contribution in [0, 0.1) is 5.92 Å². The van der Waals surface area contributed by atoms with Gasteiger partial charge in [-0.2, -0.15) is 4.98 Å². The molecule has 1 aliphatic rings. The van der Waals surface area contributed by atoms with E-state index in [1.54, 1.807) is 0 Å². The third-order valence-electron chi connectivity index (χ3n) is 8.69. The van der Waals surface area contributed by atoms with Crippen molar-refractivity contribution in [1.82, 2.24) is 30.4 Å². The number of aromatic nitrogens is 2. The standard InChI is InChI=1S/C34H63N7O18P2/c1-23(2)20-25(40(3)4)32(45)38-10-7-27(42)37-11-13-54-15-17-56-19-18-55-16-14-53-12-8-28(43)36-9-5-6-24-21-41(34(46)39-31(24)35)33-29(44)30(59-61(50,51)52)26(58-33)22-57-60(47,48)49/h21,23,25-26,29-30,33,44H,5-20,22H2,1-4H3,(H,36,43)(H,37,42)(H,38,45)(H2,35,39,46)(H2,47,48,49)(H2,50,51,52)/t25?,26-,29+,30?,33-/m1/s1. The van der Waals surface area contributed by atoms with E-state index in [-0.39, 0.29) is 75.1 Å². The van der Waals surface area contributed by atoms with E-state index in [1.165, 1.54) is 6.20 Å². The van der Waals surface area contributed by atoms with Gasteiger partial charge in [-0.15, -0.1) is 0 Å². The van der Waals surface area contributed by atoms with Crippen molar-refractivity contribution in [3.63, 3.8) is 0 Å². The van der Waals surface area contributed by atoms with Crippen LogP contribution in [0.15, 0.2) is 11.0 Å². The summed E-state index contributed by atoms with van der Waals surface area (Å²) in [5, 5.41) is 19.0. The molecule has 10 N–H and O–H groups in total. The second-order valence-corrected chi connectivity index (χ2v) is 16.8. The van der Waals surface area contributed by atoms with E-state index in [9.17, 15) is 43.2 Å². The minimum absolute atomic E-state index is 0.0806. The number of rotatable bonds is 32. The topological polar surface area (TPSA) is 351 Å².